The predicted molar refractivity (Wildman–Crippen MR) is 111 cm³/mol. The molecule has 11 nitrogen and oxygen atoms in total. The van der Waals surface area contributed by atoms with Crippen LogP contribution in [0.5, 0.6) is 0 Å². The van der Waals surface area contributed by atoms with E-state index in [0.717, 1.165) is 0 Å². The number of hydrogen-bond acceptors (Lipinski definition) is 9. The normalized spacial score (nSPS) is 33.8. The molecule has 2 amide bonds. The Morgan fingerprint density at radius 1 is 0.758 bits per heavy atom. The maximum atomic E-state index is 13.3. The van der Waals surface area contributed by atoms with E-state index in [1.165, 1.54) is 0 Å². The number of carbonyl (C=O) groups excluding carboxylic acids is 3. The van der Waals surface area contributed by atoms with Crippen LogP contribution in [0, 0.1) is 11.8 Å². The number of nitrogens with one attached hydrogen (secondary N) is 2. The van der Waals surface area contributed by atoms with Crippen LogP contribution in [-0.4, -0.2) is 72.1 Å². The molecule has 3 aliphatic rings. The highest BCUT2D eigenvalue weighted by Crippen LogP contribution is 2.44. The van der Waals surface area contributed by atoms with Gasteiger partial charge in [0.15, 0.2) is 24.0 Å². The van der Waals surface area contributed by atoms with Gasteiger partial charge in [0.2, 0.25) is 5.91 Å². The van der Waals surface area contributed by atoms with Gasteiger partial charge < -0.3 is 44.2 Å². The van der Waals surface area contributed by atoms with E-state index in [-0.39, 0.29) is 5.92 Å². The van der Waals surface area contributed by atoms with Gasteiger partial charge in [0.1, 0.15) is 24.4 Å². The van der Waals surface area contributed by atoms with Crippen LogP contribution in [0.1, 0.15) is 55.4 Å². The maximum Gasteiger partial charge on any atom is 0.252 e. The first-order chi connectivity index (χ1) is 15.1. The molecule has 0 aromatic heterocycles. The first kappa shape index (κ1) is 25.8. The average Bonchev–Trinajstić information content (AvgIpc) is 3.15. The Morgan fingerprint density at radius 3 is 1.82 bits per heavy atom. The first-order valence-electron chi connectivity index (χ1n) is 11.3. The zero-order chi connectivity index (χ0) is 24.9. The third-order valence-corrected chi connectivity index (χ3v) is 5.88. The molecule has 33 heavy (non-hydrogen) atoms. The van der Waals surface area contributed by atoms with Crippen LogP contribution in [-0.2, 0) is 38.1 Å². The van der Waals surface area contributed by atoms with Gasteiger partial charge in [-0.2, -0.15) is 0 Å². The number of fused-ring (bicyclic) bond motifs is 3. The number of aliphatic carboxylic acids is 1. The lowest BCUT2D eigenvalue weighted by Crippen LogP contribution is -2.63. The summed E-state index contributed by atoms with van der Waals surface area (Å²) in [6.07, 6.45) is -3.99. The summed E-state index contributed by atoms with van der Waals surface area (Å²) < 4.78 is 29.6. The Hall–Kier alpha value is -1.79. The second-order valence-corrected chi connectivity index (χ2v) is 10.4. The molecule has 188 valence electrons. The highest BCUT2D eigenvalue weighted by molar-refractivity contribution is 5.91. The van der Waals surface area contributed by atoms with Crippen molar-refractivity contribution in [2.24, 2.45) is 11.8 Å². The lowest BCUT2D eigenvalue weighted by Gasteiger charge is -2.37. The molecule has 3 aliphatic heterocycles. The molecule has 0 bridgehead atoms. The smallest absolute Gasteiger partial charge is 0.252 e. The fourth-order valence-corrected chi connectivity index (χ4v) is 4.33. The number of carboxylic acids is 1. The minimum atomic E-state index is -1.39. The summed E-state index contributed by atoms with van der Waals surface area (Å²) in [5, 5.41) is 16.5. The van der Waals surface area contributed by atoms with Crippen molar-refractivity contribution in [3.05, 3.63) is 0 Å². The Bertz CT molecular complexity index is 782. The van der Waals surface area contributed by atoms with E-state index in [9.17, 15) is 19.5 Å². The molecule has 0 unspecified atom stereocenters. The van der Waals surface area contributed by atoms with Gasteiger partial charge >= 0.3 is 0 Å². The largest absolute Gasteiger partial charge is 0.548 e. The van der Waals surface area contributed by atoms with Crippen molar-refractivity contribution in [1.82, 2.24) is 10.6 Å². The van der Waals surface area contributed by atoms with Crippen molar-refractivity contribution in [1.29, 1.82) is 0 Å². The molecule has 0 spiro atoms. The number of hydrogen-bond donors (Lipinski definition) is 2. The summed E-state index contributed by atoms with van der Waals surface area (Å²) in [7, 11) is 0. The van der Waals surface area contributed by atoms with Crippen LogP contribution in [0.4, 0.5) is 0 Å². The molecule has 0 aromatic rings. The number of carboxylic acid groups (broad SMARTS) is 1. The SMILES string of the molecule is CC(C)[C@H](NC(=O)[C@@H]1O[C@@H]2OC(C)(C)O[C@@H]2[C@H]2OC(C)(C)O[C@H]21)C(=O)N[C@@H](C(=O)[O-])C(C)C. The molecule has 11 heteroatoms. The van der Waals surface area contributed by atoms with Crippen molar-refractivity contribution in [3.63, 3.8) is 0 Å². The minimum Gasteiger partial charge on any atom is -0.548 e. The van der Waals surface area contributed by atoms with E-state index in [0.29, 0.717) is 0 Å². The van der Waals surface area contributed by atoms with Crippen molar-refractivity contribution in [2.45, 2.75) is 110 Å². The van der Waals surface area contributed by atoms with E-state index in [1.807, 2.05) is 0 Å². The van der Waals surface area contributed by atoms with Gasteiger partial charge in [0, 0.05) is 0 Å². The van der Waals surface area contributed by atoms with Crippen molar-refractivity contribution in [3.8, 4) is 0 Å². The van der Waals surface area contributed by atoms with Crippen LogP contribution >= 0.6 is 0 Å². The third kappa shape index (κ3) is 5.48. The molecule has 2 N–H and O–H groups in total. The molecule has 3 fully saturated rings. The third-order valence-electron chi connectivity index (χ3n) is 5.88. The lowest BCUT2D eigenvalue weighted by molar-refractivity contribution is -0.309. The van der Waals surface area contributed by atoms with Crippen molar-refractivity contribution < 1.29 is 43.2 Å². The zero-order valence-electron chi connectivity index (χ0n) is 20.4. The molecule has 3 heterocycles. The van der Waals surface area contributed by atoms with Gasteiger partial charge in [-0.15, -0.1) is 0 Å². The molecule has 3 saturated heterocycles. The Morgan fingerprint density at radius 2 is 1.27 bits per heavy atom. The van der Waals surface area contributed by atoms with E-state index >= 15 is 0 Å². The summed E-state index contributed by atoms with van der Waals surface area (Å²) in [4.78, 5) is 37.6. The van der Waals surface area contributed by atoms with Gasteiger partial charge in [0.05, 0.1) is 12.0 Å². The van der Waals surface area contributed by atoms with Crippen LogP contribution in [0.15, 0.2) is 0 Å². The van der Waals surface area contributed by atoms with E-state index in [4.69, 9.17) is 23.7 Å². The Balaban J connectivity index is 1.78. The summed E-state index contributed by atoms with van der Waals surface area (Å²) in [5.74, 6) is -5.25. The number of rotatable bonds is 7. The number of ether oxygens (including phenoxy) is 5. The van der Waals surface area contributed by atoms with Crippen LogP contribution < -0.4 is 15.7 Å². The Labute approximate surface area is 193 Å². The van der Waals surface area contributed by atoms with Crippen LogP contribution in [0.2, 0.25) is 0 Å². The highest BCUT2D eigenvalue weighted by atomic mass is 16.9. The predicted octanol–water partition coefficient (Wildman–Crippen LogP) is -0.586. The van der Waals surface area contributed by atoms with Crippen molar-refractivity contribution in [2.75, 3.05) is 0 Å². The topological polar surface area (TPSA) is 144 Å². The summed E-state index contributed by atoms with van der Waals surface area (Å²) in [6.45, 7) is 13.7. The first-order valence-corrected chi connectivity index (χ1v) is 11.3. The lowest BCUT2D eigenvalue weighted by atomic mass is 9.96. The quantitative estimate of drug-likeness (QED) is 0.498. The molecule has 7 atom stereocenters. The highest BCUT2D eigenvalue weighted by Gasteiger charge is 2.62. The summed E-state index contributed by atoms with van der Waals surface area (Å²) in [6, 6.07) is -2.20. The fourth-order valence-electron chi connectivity index (χ4n) is 4.33. The van der Waals surface area contributed by atoms with Gasteiger partial charge in [-0.25, -0.2) is 0 Å². The second-order valence-electron chi connectivity index (χ2n) is 10.4. The molecule has 0 aliphatic carbocycles. The maximum absolute atomic E-state index is 13.3. The van der Waals surface area contributed by atoms with E-state index in [1.54, 1.807) is 55.4 Å². The van der Waals surface area contributed by atoms with E-state index in [2.05, 4.69) is 10.6 Å². The van der Waals surface area contributed by atoms with Gasteiger partial charge in [-0.3, -0.25) is 9.59 Å². The fraction of sp³-hybridized carbons (Fsp3) is 0.864. The van der Waals surface area contributed by atoms with Crippen LogP contribution in [0.25, 0.3) is 0 Å². The van der Waals surface area contributed by atoms with Gasteiger partial charge in [-0.05, 0) is 39.5 Å². The molecule has 3 rings (SSSR count). The van der Waals surface area contributed by atoms with Gasteiger partial charge in [-0.1, -0.05) is 27.7 Å². The van der Waals surface area contributed by atoms with Gasteiger partial charge in [0.25, 0.3) is 5.91 Å². The summed E-state index contributed by atoms with van der Waals surface area (Å²) >= 11 is 0. The van der Waals surface area contributed by atoms with E-state index < -0.39 is 78.1 Å². The molecule has 0 radical (unpaired) electrons. The number of amides is 2. The van der Waals surface area contributed by atoms with Crippen LogP contribution in [0.3, 0.4) is 0 Å². The Kier molecular flexibility index (Phi) is 7.12. The van der Waals surface area contributed by atoms with Crippen molar-refractivity contribution >= 4 is 17.8 Å². The molecule has 0 saturated carbocycles. The molecular weight excluding hydrogens is 436 g/mol. The average molecular weight is 472 g/mol. The second kappa shape index (κ2) is 9.10. The molecular formula is C22H35N2O9-. The minimum absolute atomic E-state index is 0.335. The number of carbonyl (C=O) groups is 3. The molecule has 0 aromatic carbocycles. The monoisotopic (exact) mass is 471 g/mol. The summed E-state index contributed by atoms with van der Waals surface area (Å²) in [5.41, 5.74) is 0. The zero-order valence-corrected chi connectivity index (χ0v) is 20.4. The standard InChI is InChI=1S/C22H36N2O9/c1-9(2)11(17(25)24-12(10(3)4)19(27)28)23-18(26)15-13-14(31-21(5,6)30-13)16-20(29-15)33-22(7,8)32-16/h9-16,20H,1-8H3,(H,23,26)(H,24,25)(H,27,28)/p-1/t11-,12+,13+,14-,15+,16+,20+/m0/s1.